The van der Waals surface area contributed by atoms with Gasteiger partial charge < -0.3 is 14.8 Å². The number of hydrogen-bond acceptors (Lipinski definition) is 3. The van der Waals surface area contributed by atoms with Gasteiger partial charge in [-0.05, 0) is 42.1 Å². The van der Waals surface area contributed by atoms with Crippen LogP contribution >= 0.6 is 0 Å². The molecule has 0 heterocycles. The highest BCUT2D eigenvalue weighted by Crippen LogP contribution is 2.30. The van der Waals surface area contributed by atoms with Crippen molar-refractivity contribution in [1.29, 1.82) is 0 Å². The SMILES string of the molecule is CCNCc1c(OCOCC2CC2)ccc2ccccc12. The van der Waals surface area contributed by atoms with Crippen LogP contribution in [0.4, 0.5) is 0 Å². The van der Waals surface area contributed by atoms with Crippen molar-refractivity contribution < 1.29 is 9.47 Å². The molecule has 0 aromatic heterocycles. The van der Waals surface area contributed by atoms with Crippen molar-refractivity contribution in [3.05, 3.63) is 42.0 Å². The van der Waals surface area contributed by atoms with Crippen molar-refractivity contribution in [2.24, 2.45) is 5.92 Å². The second kappa shape index (κ2) is 6.92. The van der Waals surface area contributed by atoms with E-state index in [0.717, 1.165) is 31.4 Å². The fourth-order valence-corrected chi connectivity index (χ4v) is 2.49. The highest BCUT2D eigenvalue weighted by molar-refractivity contribution is 5.87. The quantitative estimate of drug-likeness (QED) is 0.592. The van der Waals surface area contributed by atoms with E-state index >= 15 is 0 Å². The average molecular weight is 285 g/mol. The fraction of sp³-hybridized carbons (Fsp3) is 0.444. The van der Waals surface area contributed by atoms with Gasteiger partial charge in [0, 0.05) is 12.1 Å². The minimum atomic E-state index is 0.341. The van der Waals surface area contributed by atoms with Gasteiger partial charge >= 0.3 is 0 Å². The predicted octanol–water partition coefficient (Wildman–Crippen LogP) is 3.71. The van der Waals surface area contributed by atoms with E-state index in [1.165, 1.54) is 29.2 Å². The molecule has 0 spiro atoms. The van der Waals surface area contributed by atoms with Gasteiger partial charge in [-0.3, -0.25) is 0 Å². The molecule has 0 amide bonds. The summed E-state index contributed by atoms with van der Waals surface area (Å²) in [6.45, 7) is 5.05. The van der Waals surface area contributed by atoms with E-state index in [0.29, 0.717) is 6.79 Å². The molecule has 0 atom stereocenters. The van der Waals surface area contributed by atoms with E-state index in [9.17, 15) is 0 Å². The maximum atomic E-state index is 5.86. The summed E-state index contributed by atoms with van der Waals surface area (Å²) in [7, 11) is 0. The van der Waals surface area contributed by atoms with Crippen LogP contribution < -0.4 is 10.1 Å². The first-order valence-electron chi connectivity index (χ1n) is 7.80. The van der Waals surface area contributed by atoms with Crippen LogP contribution in [-0.2, 0) is 11.3 Å². The van der Waals surface area contributed by atoms with Crippen molar-refractivity contribution in [1.82, 2.24) is 5.32 Å². The Balaban J connectivity index is 1.74. The molecule has 0 radical (unpaired) electrons. The van der Waals surface area contributed by atoms with E-state index in [-0.39, 0.29) is 0 Å². The van der Waals surface area contributed by atoms with E-state index in [1.54, 1.807) is 0 Å². The molecule has 0 aliphatic heterocycles. The summed E-state index contributed by atoms with van der Waals surface area (Å²) in [4.78, 5) is 0. The molecule has 1 N–H and O–H groups in total. The summed E-state index contributed by atoms with van der Waals surface area (Å²) < 4.78 is 11.4. The Kier molecular flexibility index (Phi) is 4.73. The lowest BCUT2D eigenvalue weighted by Gasteiger charge is -2.14. The molecule has 1 aliphatic rings. The molecule has 3 nitrogen and oxygen atoms in total. The Labute approximate surface area is 126 Å². The number of nitrogens with one attached hydrogen (secondary N) is 1. The number of fused-ring (bicyclic) bond motifs is 1. The van der Waals surface area contributed by atoms with Crippen LogP contribution in [0.5, 0.6) is 5.75 Å². The first kappa shape index (κ1) is 14.4. The molecule has 3 heteroatoms. The second-order valence-corrected chi connectivity index (χ2v) is 5.62. The highest BCUT2D eigenvalue weighted by atomic mass is 16.7. The topological polar surface area (TPSA) is 30.5 Å². The van der Waals surface area contributed by atoms with Crippen molar-refractivity contribution in [3.63, 3.8) is 0 Å². The number of hydrogen-bond donors (Lipinski definition) is 1. The van der Waals surface area contributed by atoms with Crippen molar-refractivity contribution in [3.8, 4) is 5.75 Å². The molecule has 1 aliphatic carbocycles. The largest absolute Gasteiger partial charge is 0.467 e. The van der Waals surface area contributed by atoms with Gasteiger partial charge in [0.15, 0.2) is 6.79 Å². The number of rotatable bonds is 8. The van der Waals surface area contributed by atoms with Crippen LogP contribution in [0.1, 0.15) is 25.3 Å². The van der Waals surface area contributed by atoms with Crippen LogP contribution in [-0.4, -0.2) is 19.9 Å². The van der Waals surface area contributed by atoms with Gasteiger partial charge in [-0.25, -0.2) is 0 Å². The van der Waals surface area contributed by atoms with E-state index in [2.05, 4.69) is 48.6 Å². The summed E-state index contributed by atoms with van der Waals surface area (Å²) >= 11 is 0. The Bertz CT molecular complexity index is 593. The lowest BCUT2D eigenvalue weighted by Crippen LogP contribution is -2.14. The third-order valence-electron chi connectivity index (χ3n) is 3.90. The Morgan fingerprint density at radius 2 is 2.00 bits per heavy atom. The van der Waals surface area contributed by atoms with Gasteiger partial charge in [0.25, 0.3) is 0 Å². The lowest BCUT2D eigenvalue weighted by atomic mass is 10.0. The number of benzene rings is 2. The minimum absolute atomic E-state index is 0.341. The Hall–Kier alpha value is -1.58. The summed E-state index contributed by atoms with van der Waals surface area (Å²) in [6.07, 6.45) is 2.61. The van der Waals surface area contributed by atoms with Crippen LogP contribution in [0.2, 0.25) is 0 Å². The molecule has 3 rings (SSSR count). The molecule has 21 heavy (non-hydrogen) atoms. The number of ether oxygens (including phenoxy) is 2. The standard InChI is InChI=1S/C18H23NO2/c1-2-19-11-17-16-6-4-3-5-15(16)9-10-18(17)21-13-20-12-14-7-8-14/h3-6,9-10,14,19H,2,7-8,11-13H2,1H3. The zero-order chi connectivity index (χ0) is 14.5. The van der Waals surface area contributed by atoms with E-state index < -0.39 is 0 Å². The first-order chi connectivity index (χ1) is 10.4. The molecule has 112 valence electrons. The van der Waals surface area contributed by atoms with Gasteiger partial charge in [0.1, 0.15) is 5.75 Å². The highest BCUT2D eigenvalue weighted by Gasteiger charge is 2.21. The predicted molar refractivity (Wildman–Crippen MR) is 85.5 cm³/mol. The van der Waals surface area contributed by atoms with Gasteiger partial charge in [0.2, 0.25) is 0 Å². The smallest absolute Gasteiger partial charge is 0.189 e. The van der Waals surface area contributed by atoms with Crippen LogP contribution in [0, 0.1) is 5.92 Å². The first-order valence-corrected chi connectivity index (χ1v) is 7.80. The van der Waals surface area contributed by atoms with Gasteiger partial charge in [0.05, 0.1) is 6.61 Å². The molecular formula is C18H23NO2. The third-order valence-corrected chi connectivity index (χ3v) is 3.90. The summed E-state index contributed by atoms with van der Waals surface area (Å²) in [5, 5.41) is 5.89. The third kappa shape index (κ3) is 3.74. The molecule has 1 fully saturated rings. The Morgan fingerprint density at radius 1 is 1.14 bits per heavy atom. The maximum Gasteiger partial charge on any atom is 0.189 e. The summed E-state index contributed by atoms with van der Waals surface area (Å²) in [5.41, 5.74) is 1.21. The van der Waals surface area contributed by atoms with Crippen molar-refractivity contribution in [2.45, 2.75) is 26.3 Å². The molecule has 0 unspecified atom stereocenters. The van der Waals surface area contributed by atoms with E-state index in [4.69, 9.17) is 9.47 Å². The maximum absolute atomic E-state index is 5.86. The van der Waals surface area contributed by atoms with Crippen molar-refractivity contribution >= 4 is 10.8 Å². The average Bonchev–Trinajstić information content (AvgIpc) is 3.34. The summed E-state index contributed by atoms with van der Waals surface area (Å²) in [5.74, 6) is 1.69. The Morgan fingerprint density at radius 3 is 2.81 bits per heavy atom. The summed E-state index contributed by atoms with van der Waals surface area (Å²) in [6, 6.07) is 12.6. The molecule has 0 saturated heterocycles. The molecular weight excluding hydrogens is 262 g/mol. The molecule has 0 bridgehead atoms. The van der Waals surface area contributed by atoms with Crippen LogP contribution in [0.25, 0.3) is 10.8 Å². The fourth-order valence-electron chi connectivity index (χ4n) is 2.49. The lowest BCUT2D eigenvalue weighted by molar-refractivity contribution is 0.00952. The monoisotopic (exact) mass is 285 g/mol. The molecule has 1 saturated carbocycles. The van der Waals surface area contributed by atoms with E-state index in [1.807, 2.05) is 0 Å². The van der Waals surface area contributed by atoms with Crippen LogP contribution in [0.3, 0.4) is 0 Å². The van der Waals surface area contributed by atoms with Crippen LogP contribution in [0.15, 0.2) is 36.4 Å². The minimum Gasteiger partial charge on any atom is -0.467 e. The molecule has 2 aromatic carbocycles. The zero-order valence-electron chi connectivity index (χ0n) is 12.6. The van der Waals surface area contributed by atoms with Gasteiger partial charge in [-0.15, -0.1) is 0 Å². The second-order valence-electron chi connectivity index (χ2n) is 5.62. The van der Waals surface area contributed by atoms with Crippen molar-refractivity contribution in [2.75, 3.05) is 19.9 Å². The van der Waals surface area contributed by atoms with Gasteiger partial charge in [-0.2, -0.15) is 0 Å². The van der Waals surface area contributed by atoms with Gasteiger partial charge in [-0.1, -0.05) is 37.3 Å². The molecule has 2 aromatic rings. The normalized spacial score (nSPS) is 14.5. The zero-order valence-corrected chi connectivity index (χ0v) is 12.6.